The van der Waals surface area contributed by atoms with E-state index < -0.39 is 0 Å². The maximum Gasteiger partial charge on any atom is 0.138 e. The molecule has 2 heterocycles. The minimum atomic E-state index is 0.797. The fourth-order valence-electron chi connectivity index (χ4n) is 2.46. The Morgan fingerprint density at radius 3 is 2.94 bits per heavy atom. The van der Waals surface area contributed by atoms with E-state index in [1.54, 1.807) is 0 Å². The molecule has 1 N–H and O–H groups in total. The zero-order chi connectivity index (χ0) is 11.5. The summed E-state index contributed by atoms with van der Waals surface area (Å²) in [6.45, 7) is 8.50. The molecule has 0 amide bonds. The molecule has 0 spiro atoms. The Morgan fingerprint density at radius 1 is 1.50 bits per heavy atom. The van der Waals surface area contributed by atoms with Gasteiger partial charge in [-0.25, -0.2) is 0 Å². The highest BCUT2D eigenvalue weighted by molar-refractivity contribution is 5.20. The summed E-state index contributed by atoms with van der Waals surface area (Å²) in [5.74, 6) is 1.76. The van der Waals surface area contributed by atoms with Crippen molar-refractivity contribution in [2.24, 2.45) is 5.92 Å². The van der Waals surface area contributed by atoms with Crippen molar-refractivity contribution in [1.29, 1.82) is 0 Å². The molecule has 0 aromatic carbocycles. The van der Waals surface area contributed by atoms with E-state index in [0.717, 1.165) is 30.5 Å². The van der Waals surface area contributed by atoms with E-state index in [9.17, 15) is 0 Å². The van der Waals surface area contributed by atoms with Crippen LogP contribution in [-0.2, 0) is 6.54 Å². The fourth-order valence-corrected chi connectivity index (χ4v) is 2.46. The molecule has 0 saturated carbocycles. The van der Waals surface area contributed by atoms with E-state index in [1.165, 1.54) is 25.1 Å². The maximum atomic E-state index is 5.19. The van der Waals surface area contributed by atoms with Gasteiger partial charge in [0.25, 0.3) is 0 Å². The van der Waals surface area contributed by atoms with Gasteiger partial charge in [0.2, 0.25) is 0 Å². The highest BCUT2D eigenvalue weighted by atomic mass is 16.5. The Labute approximate surface area is 97.0 Å². The Hall–Kier alpha value is -0.870. The van der Waals surface area contributed by atoms with Crippen molar-refractivity contribution in [3.8, 4) is 0 Å². The van der Waals surface area contributed by atoms with Crippen molar-refractivity contribution in [3.63, 3.8) is 0 Å². The third-order valence-corrected chi connectivity index (χ3v) is 3.43. The summed E-state index contributed by atoms with van der Waals surface area (Å²) in [4.78, 5) is 2.49. The van der Waals surface area contributed by atoms with Crippen LogP contribution in [0.4, 0.5) is 0 Å². The molecule has 0 radical (unpaired) electrons. The van der Waals surface area contributed by atoms with Crippen LogP contribution < -0.4 is 5.32 Å². The predicted molar refractivity (Wildman–Crippen MR) is 63.3 cm³/mol. The SMILES string of the molecule is CNCC1CCN(Cc2c(C)noc2C)C1. The molecule has 1 aromatic heterocycles. The summed E-state index contributed by atoms with van der Waals surface area (Å²) >= 11 is 0. The molecule has 1 aliphatic rings. The third kappa shape index (κ3) is 2.44. The second kappa shape index (κ2) is 4.97. The Bertz CT molecular complexity index is 329. The van der Waals surface area contributed by atoms with Gasteiger partial charge in [0.15, 0.2) is 0 Å². The zero-order valence-corrected chi connectivity index (χ0v) is 10.4. The number of aryl methyl sites for hydroxylation is 2. The van der Waals surface area contributed by atoms with Crippen LogP contribution >= 0.6 is 0 Å². The molecule has 1 saturated heterocycles. The van der Waals surface area contributed by atoms with E-state index >= 15 is 0 Å². The van der Waals surface area contributed by atoms with Crippen LogP contribution in [0.15, 0.2) is 4.52 Å². The van der Waals surface area contributed by atoms with Gasteiger partial charge in [-0.3, -0.25) is 4.90 Å². The molecule has 2 rings (SSSR count). The van der Waals surface area contributed by atoms with Crippen LogP contribution in [0.1, 0.15) is 23.4 Å². The number of aromatic nitrogens is 1. The van der Waals surface area contributed by atoms with Crippen LogP contribution in [0.3, 0.4) is 0 Å². The van der Waals surface area contributed by atoms with E-state index in [1.807, 2.05) is 20.9 Å². The first-order valence-corrected chi connectivity index (χ1v) is 5.99. The molecule has 0 bridgehead atoms. The van der Waals surface area contributed by atoms with Crippen LogP contribution in [0, 0.1) is 19.8 Å². The lowest BCUT2D eigenvalue weighted by molar-refractivity contribution is 0.311. The summed E-state index contributed by atoms with van der Waals surface area (Å²) in [6.07, 6.45) is 1.30. The number of likely N-dealkylation sites (tertiary alicyclic amines) is 1. The Morgan fingerprint density at radius 2 is 2.31 bits per heavy atom. The normalized spacial score (nSPS) is 21.8. The topological polar surface area (TPSA) is 41.3 Å². The van der Waals surface area contributed by atoms with Crippen LogP contribution in [0.25, 0.3) is 0 Å². The van der Waals surface area contributed by atoms with E-state index in [-0.39, 0.29) is 0 Å². The first kappa shape index (κ1) is 11.6. The summed E-state index contributed by atoms with van der Waals surface area (Å²) in [7, 11) is 2.02. The number of hydrogen-bond acceptors (Lipinski definition) is 4. The smallest absolute Gasteiger partial charge is 0.138 e. The number of hydrogen-bond donors (Lipinski definition) is 1. The predicted octanol–water partition coefficient (Wildman–Crippen LogP) is 1.33. The minimum Gasteiger partial charge on any atom is -0.361 e. The number of nitrogens with one attached hydrogen (secondary N) is 1. The average molecular weight is 223 g/mol. The van der Waals surface area contributed by atoms with Gasteiger partial charge in [0, 0.05) is 18.7 Å². The molecule has 1 aromatic rings. The van der Waals surface area contributed by atoms with Crippen LogP contribution in [0.2, 0.25) is 0 Å². The minimum absolute atomic E-state index is 0.797. The maximum absolute atomic E-state index is 5.19. The molecule has 4 heteroatoms. The lowest BCUT2D eigenvalue weighted by Crippen LogP contribution is -2.24. The highest BCUT2D eigenvalue weighted by Crippen LogP contribution is 2.21. The van der Waals surface area contributed by atoms with E-state index in [0.29, 0.717) is 0 Å². The summed E-state index contributed by atoms with van der Waals surface area (Å²) in [6, 6.07) is 0. The van der Waals surface area contributed by atoms with Gasteiger partial charge < -0.3 is 9.84 Å². The van der Waals surface area contributed by atoms with Crippen molar-refractivity contribution < 1.29 is 4.52 Å². The monoisotopic (exact) mass is 223 g/mol. The quantitative estimate of drug-likeness (QED) is 0.836. The molecule has 4 nitrogen and oxygen atoms in total. The molecule has 1 atom stereocenters. The van der Waals surface area contributed by atoms with Crippen molar-refractivity contribution in [3.05, 3.63) is 17.0 Å². The van der Waals surface area contributed by atoms with Crippen LogP contribution in [0.5, 0.6) is 0 Å². The lowest BCUT2D eigenvalue weighted by Gasteiger charge is -2.15. The largest absolute Gasteiger partial charge is 0.361 e. The number of nitrogens with zero attached hydrogens (tertiary/aromatic N) is 2. The molecule has 1 fully saturated rings. The van der Waals surface area contributed by atoms with Gasteiger partial charge in [-0.2, -0.15) is 0 Å². The van der Waals surface area contributed by atoms with Gasteiger partial charge in [-0.05, 0) is 46.3 Å². The lowest BCUT2D eigenvalue weighted by atomic mass is 10.1. The van der Waals surface area contributed by atoms with Crippen molar-refractivity contribution >= 4 is 0 Å². The standard InChI is InChI=1S/C12H21N3O/c1-9-12(10(2)16-14-9)8-15-5-4-11(7-15)6-13-3/h11,13H,4-8H2,1-3H3. The molecule has 1 aliphatic heterocycles. The Balaban J connectivity index is 1.92. The Kier molecular flexibility index (Phi) is 3.61. The van der Waals surface area contributed by atoms with Gasteiger partial charge in [-0.15, -0.1) is 0 Å². The second-order valence-electron chi connectivity index (χ2n) is 4.75. The molecule has 0 aliphatic carbocycles. The molecule has 16 heavy (non-hydrogen) atoms. The summed E-state index contributed by atoms with van der Waals surface area (Å²) in [5, 5.41) is 7.25. The summed E-state index contributed by atoms with van der Waals surface area (Å²) in [5.41, 5.74) is 2.31. The second-order valence-corrected chi connectivity index (χ2v) is 4.75. The van der Waals surface area contributed by atoms with Gasteiger partial charge in [-0.1, -0.05) is 5.16 Å². The molecule has 90 valence electrons. The average Bonchev–Trinajstić information content (AvgIpc) is 2.81. The van der Waals surface area contributed by atoms with Crippen molar-refractivity contribution in [1.82, 2.24) is 15.4 Å². The number of rotatable bonds is 4. The van der Waals surface area contributed by atoms with Crippen molar-refractivity contribution in [2.45, 2.75) is 26.8 Å². The summed E-state index contributed by atoms with van der Waals surface area (Å²) < 4.78 is 5.19. The first-order valence-electron chi connectivity index (χ1n) is 5.99. The van der Waals surface area contributed by atoms with Crippen LogP contribution in [-0.4, -0.2) is 36.7 Å². The van der Waals surface area contributed by atoms with E-state index in [2.05, 4.69) is 15.4 Å². The zero-order valence-electron chi connectivity index (χ0n) is 10.4. The third-order valence-electron chi connectivity index (χ3n) is 3.43. The molecular formula is C12H21N3O. The van der Waals surface area contributed by atoms with E-state index in [4.69, 9.17) is 4.52 Å². The van der Waals surface area contributed by atoms with Crippen molar-refractivity contribution in [2.75, 3.05) is 26.7 Å². The molecular weight excluding hydrogens is 202 g/mol. The first-order chi connectivity index (χ1) is 7.70. The molecule has 1 unspecified atom stereocenters. The van der Waals surface area contributed by atoms with Gasteiger partial charge >= 0.3 is 0 Å². The van der Waals surface area contributed by atoms with Gasteiger partial charge in [0.05, 0.1) is 5.69 Å². The highest BCUT2D eigenvalue weighted by Gasteiger charge is 2.23. The fraction of sp³-hybridized carbons (Fsp3) is 0.750. The van der Waals surface area contributed by atoms with Gasteiger partial charge in [0.1, 0.15) is 5.76 Å².